The Morgan fingerprint density at radius 2 is 1.80 bits per heavy atom. The van der Waals surface area contributed by atoms with Gasteiger partial charge in [0.05, 0.1) is 31.5 Å². The number of rotatable bonds is 7. The van der Waals surface area contributed by atoms with E-state index in [9.17, 15) is 10.2 Å². The van der Waals surface area contributed by atoms with Gasteiger partial charge in [-0.3, -0.25) is 4.90 Å². The van der Waals surface area contributed by atoms with Gasteiger partial charge < -0.3 is 29.9 Å². The molecule has 0 aromatic heterocycles. The second kappa shape index (κ2) is 10.3. The Morgan fingerprint density at radius 1 is 1.07 bits per heavy atom. The maximum absolute atomic E-state index is 10.9. The molecule has 1 saturated carbocycles. The number of benzene rings is 1. The average molecular weight is 420 g/mol. The molecule has 168 valence electrons. The quantitative estimate of drug-likeness (QED) is 0.614. The zero-order valence-electron chi connectivity index (χ0n) is 18.1. The third-order valence-electron chi connectivity index (χ3n) is 7.02. The minimum atomic E-state index is -0.661. The predicted molar refractivity (Wildman–Crippen MR) is 117 cm³/mol. The van der Waals surface area contributed by atoms with Crippen molar-refractivity contribution in [3.8, 4) is 5.75 Å². The van der Waals surface area contributed by atoms with Gasteiger partial charge in [-0.15, -0.1) is 0 Å². The van der Waals surface area contributed by atoms with Crippen LogP contribution in [-0.4, -0.2) is 91.9 Å². The monoisotopic (exact) mass is 419 g/mol. The summed E-state index contributed by atoms with van der Waals surface area (Å²) in [5, 5.41) is 24.3. The highest BCUT2D eigenvalue weighted by Gasteiger charge is 2.46. The molecular formula is C23H37N3O4. The van der Waals surface area contributed by atoms with E-state index >= 15 is 0 Å². The number of nitrogens with one attached hydrogen (secondary N) is 1. The van der Waals surface area contributed by atoms with E-state index in [0.29, 0.717) is 6.04 Å². The molecule has 2 aliphatic heterocycles. The molecule has 0 bridgehead atoms. The number of aliphatic hydroxyl groups excluding tert-OH is 2. The van der Waals surface area contributed by atoms with Crippen molar-refractivity contribution in [2.24, 2.45) is 0 Å². The third kappa shape index (κ3) is 4.75. The fourth-order valence-corrected chi connectivity index (χ4v) is 5.34. The van der Waals surface area contributed by atoms with Crippen LogP contribution in [0.5, 0.6) is 5.75 Å². The van der Waals surface area contributed by atoms with Crippen LogP contribution in [0.15, 0.2) is 24.3 Å². The summed E-state index contributed by atoms with van der Waals surface area (Å²) >= 11 is 0. The van der Waals surface area contributed by atoms with Crippen molar-refractivity contribution in [1.82, 2.24) is 10.2 Å². The Kier molecular flexibility index (Phi) is 7.49. The molecule has 3 N–H and O–H groups in total. The summed E-state index contributed by atoms with van der Waals surface area (Å²) in [7, 11) is 1.71. The van der Waals surface area contributed by atoms with Crippen LogP contribution >= 0.6 is 0 Å². The summed E-state index contributed by atoms with van der Waals surface area (Å²) in [5.41, 5.74) is 1.12. The van der Waals surface area contributed by atoms with Gasteiger partial charge in [-0.2, -0.15) is 0 Å². The number of nitrogens with zero attached hydrogens (tertiary/aromatic N) is 2. The molecule has 7 heteroatoms. The van der Waals surface area contributed by atoms with Crippen molar-refractivity contribution in [1.29, 1.82) is 0 Å². The van der Waals surface area contributed by atoms with Crippen molar-refractivity contribution in [3.05, 3.63) is 24.3 Å². The van der Waals surface area contributed by atoms with Crippen LogP contribution in [0.2, 0.25) is 0 Å². The second-order valence-electron chi connectivity index (χ2n) is 8.81. The molecule has 2 heterocycles. The number of ether oxygens (including phenoxy) is 2. The Bertz CT molecular complexity index is 662. The van der Waals surface area contributed by atoms with E-state index in [2.05, 4.69) is 21.2 Å². The lowest BCUT2D eigenvalue weighted by molar-refractivity contribution is -0.0220. The van der Waals surface area contributed by atoms with Crippen LogP contribution in [0.4, 0.5) is 5.69 Å². The maximum Gasteiger partial charge on any atom is 0.142 e. The Balaban J connectivity index is 1.38. The van der Waals surface area contributed by atoms with E-state index in [0.717, 1.165) is 44.2 Å². The number of aliphatic hydroxyl groups is 2. The smallest absolute Gasteiger partial charge is 0.142 e. The largest absolute Gasteiger partial charge is 0.495 e. The number of piperazine rings is 1. The molecule has 1 aliphatic carbocycles. The van der Waals surface area contributed by atoms with E-state index in [1.165, 1.54) is 32.1 Å². The van der Waals surface area contributed by atoms with Gasteiger partial charge in [-0.25, -0.2) is 0 Å². The first-order valence-electron chi connectivity index (χ1n) is 11.5. The van der Waals surface area contributed by atoms with Crippen LogP contribution in [0.25, 0.3) is 0 Å². The SMILES string of the molecule is COc1ccccc1N1CCN([C@@H]2[C@H](O)[C@H](CO)O[C@@H]2CNC2CCCCC2)CC1. The van der Waals surface area contributed by atoms with E-state index < -0.39 is 12.2 Å². The Hall–Kier alpha value is -1.38. The molecule has 3 fully saturated rings. The molecule has 4 rings (SSSR count). The number of hydrogen-bond donors (Lipinski definition) is 3. The van der Waals surface area contributed by atoms with E-state index in [1.807, 2.05) is 18.2 Å². The standard InChI is InChI=1S/C23H37N3O4/c1-29-19-10-6-5-9-18(19)25-11-13-26(14-12-25)22-20(30-21(16-27)23(22)28)15-24-17-7-3-2-4-8-17/h5-6,9-10,17,20-24,27-28H,2-4,7-8,11-16H2,1H3/t20-,21+,22+,23-/m1/s1. The van der Waals surface area contributed by atoms with Gasteiger partial charge in [0.1, 0.15) is 18.0 Å². The average Bonchev–Trinajstić information content (AvgIpc) is 3.13. The normalized spacial score (nSPS) is 31.2. The highest BCUT2D eigenvalue weighted by molar-refractivity contribution is 5.58. The molecule has 7 nitrogen and oxygen atoms in total. The second-order valence-corrected chi connectivity index (χ2v) is 8.81. The van der Waals surface area contributed by atoms with Crippen molar-refractivity contribution >= 4 is 5.69 Å². The molecule has 2 saturated heterocycles. The number of methoxy groups -OCH3 is 1. The van der Waals surface area contributed by atoms with Crippen LogP contribution in [0.3, 0.4) is 0 Å². The van der Waals surface area contributed by atoms with Crippen LogP contribution in [-0.2, 0) is 4.74 Å². The molecular weight excluding hydrogens is 382 g/mol. The molecule has 0 unspecified atom stereocenters. The van der Waals surface area contributed by atoms with Crippen LogP contribution in [0, 0.1) is 0 Å². The zero-order chi connectivity index (χ0) is 20.9. The summed E-state index contributed by atoms with van der Waals surface area (Å²) in [5.74, 6) is 0.894. The molecule has 30 heavy (non-hydrogen) atoms. The van der Waals surface area contributed by atoms with Gasteiger partial charge in [0, 0.05) is 38.8 Å². The topological polar surface area (TPSA) is 77.4 Å². The molecule has 1 aromatic rings. The van der Waals surface area contributed by atoms with Gasteiger partial charge in [-0.1, -0.05) is 31.4 Å². The summed E-state index contributed by atoms with van der Waals surface area (Å²) < 4.78 is 11.6. The molecule has 1 aromatic carbocycles. The lowest BCUT2D eigenvalue weighted by Crippen LogP contribution is -2.57. The molecule has 0 spiro atoms. The Morgan fingerprint density at radius 3 is 2.50 bits per heavy atom. The number of hydrogen-bond acceptors (Lipinski definition) is 7. The van der Waals surface area contributed by atoms with E-state index in [4.69, 9.17) is 9.47 Å². The minimum absolute atomic E-state index is 0.0851. The molecule has 0 radical (unpaired) electrons. The summed E-state index contributed by atoms with van der Waals surface area (Å²) in [6, 6.07) is 8.59. The Labute approximate surface area is 180 Å². The fourth-order valence-electron chi connectivity index (χ4n) is 5.34. The van der Waals surface area contributed by atoms with Gasteiger partial charge in [0.25, 0.3) is 0 Å². The predicted octanol–water partition coefficient (Wildman–Crippen LogP) is 1.23. The highest BCUT2D eigenvalue weighted by atomic mass is 16.5. The van der Waals surface area contributed by atoms with Gasteiger partial charge >= 0.3 is 0 Å². The fraction of sp³-hybridized carbons (Fsp3) is 0.739. The molecule has 3 aliphatic rings. The lowest BCUT2D eigenvalue weighted by atomic mass is 9.95. The summed E-state index contributed by atoms with van der Waals surface area (Å²) in [6.07, 6.45) is 5.10. The first-order chi connectivity index (χ1) is 14.7. The van der Waals surface area contributed by atoms with Crippen molar-refractivity contribution in [3.63, 3.8) is 0 Å². The first kappa shape index (κ1) is 21.8. The minimum Gasteiger partial charge on any atom is -0.495 e. The first-order valence-corrected chi connectivity index (χ1v) is 11.5. The summed E-state index contributed by atoms with van der Waals surface area (Å²) in [6.45, 7) is 4.03. The molecule has 4 atom stereocenters. The third-order valence-corrected chi connectivity index (χ3v) is 7.02. The number of para-hydroxylation sites is 2. The van der Waals surface area contributed by atoms with Gasteiger partial charge in [0.2, 0.25) is 0 Å². The van der Waals surface area contributed by atoms with Crippen molar-refractivity contribution in [2.75, 3.05) is 51.3 Å². The summed E-state index contributed by atoms with van der Waals surface area (Å²) in [4.78, 5) is 4.69. The maximum atomic E-state index is 10.9. The van der Waals surface area contributed by atoms with E-state index in [1.54, 1.807) is 7.11 Å². The lowest BCUT2D eigenvalue weighted by Gasteiger charge is -2.41. The van der Waals surface area contributed by atoms with Gasteiger partial charge in [0.15, 0.2) is 0 Å². The van der Waals surface area contributed by atoms with Crippen LogP contribution < -0.4 is 15.0 Å². The van der Waals surface area contributed by atoms with Crippen molar-refractivity contribution < 1.29 is 19.7 Å². The zero-order valence-corrected chi connectivity index (χ0v) is 18.1. The molecule has 0 amide bonds. The van der Waals surface area contributed by atoms with Crippen LogP contribution in [0.1, 0.15) is 32.1 Å². The van der Waals surface area contributed by atoms with E-state index in [-0.39, 0.29) is 18.8 Å². The van der Waals surface area contributed by atoms with Gasteiger partial charge in [-0.05, 0) is 25.0 Å². The highest BCUT2D eigenvalue weighted by Crippen LogP contribution is 2.31. The van der Waals surface area contributed by atoms with Crippen molar-refractivity contribution in [2.45, 2.75) is 62.5 Å². The number of anilines is 1.